The average Bonchev–Trinajstić information content (AvgIpc) is 3.08. The summed E-state index contributed by atoms with van der Waals surface area (Å²) in [5, 5.41) is 2.79. The molecule has 0 saturated carbocycles. The zero-order valence-electron chi connectivity index (χ0n) is 18.6. The number of ether oxygens (including phenoxy) is 1. The quantitative estimate of drug-likeness (QED) is 0.321. The molecule has 1 saturated heterocycles. The Morgan fingerprint density at radius 3 is 2.60 bits per heavy atom. The Labute approximate surface area is 220 Å². The van der Waals surface area contributed by atoms with Gasteiger partial charge in [0.2, 0.25) is 5.91 Å². The molecular formula is C26H20BrClN2O4S. The van der Waals surface area contributed by atoms with Gasteiger partial charge in [0, 0.05) is 26.3 Å². The molecule has 0 unspecified atom stereocenters. The summed E-state index contributed by atoms with van der Waals surface area (Å²) in [6, 6.07) is 20.0. The highest BCUT2D eigenvalue weighted by atomic mass is 79.9. The zero-order chi connectivity index (χ0) is 24.9. The maximum Gasteiger partial charge on any atom is 0.294 e. The molecule has 4 rings (SSSR count). The van der Waals surface area contributed by atoms with Gasteiger partial charge in [-0.1, -0.05) is 63.4 Å². The summed E-state index contributed by atoms with van der Waals surface area (Å²) in [6.07, 6.45) is 1.59. The molecule has 9 heteroatoms. The van der Waals surface area contributed by atoms with Crippen LogP contribution >= 0.6 is 39.3 Å². The van der Waals surface area contributed by atoms with Crippen molar-refractivity contribution in [2.24, 2.45) is 0 Å². The van der Waals surface area contributed by atoms with E-state index in [-0.39, 0.29) is 18.1 Å². The second-order valence-electron chi connectivity index (χ2n) is 7.74. The van der Waals surface area contributed by atoms with Gasteiger partial charge in [-0.3, -0.25) is 19.3 Å². The van der Waals surface area contributed by atoms with E-state index in [2.05, 4.69) is 21.2 Å². The van der Waals surface area contributed by atoms with Crippen molar-refractivity contribution in [1.82, 2.24) is 4.90 Å². The number of benzene rings is 3. The van der Waals surface area contributed by atoms with E-state index in [9.17, 15) is 14.4 Å². The van der Waals surface area contributed by atoms with Gasteiger partial charge in [-0.2, -0.15) is 0 Å². The molecule has 6 nitrogen and oxygen atoms in total. The molecule has 0 radical (unpaired) electrons. The second kappa shape index (κ2) is 11.1. The van der Waals surface area contributed by atoms with Crippen LogP contribution in [-0.4, -0.2) is 28.5 Å². The number of thioether (sulfide) groups is 1. The van der Waals surface area contributed by atoms with Crippen molar-refractivity contribution in [2.45, 2.75) is 13.5 Å². The third-order valence-electron chi connectivity index (χ3n) is 5.11. The summed E-state index contributed by atoms with van der Waals surface area (Å²) in [5.41, 5.74) is 3.09. The van der Waals surface area contributed by atoms with Crippen LogP contribution in [0.3, 0.4) is 0 Å². The van der Waals surface area contributed by atoms with Gasteiger partial charge in [0.1, 0.15) is 18.9 Å². The number of nitrogens with zero attached hydrogens (tertiary/aromatic N) is 1. The number of aryl methyl sites for hydroxylation is 1. The van der Waals surface area contributed by atoms with Crippen molar-refractivity contribution in [1.29, 1.82) is 0 Å². The first-order chi connectivity index (χ1) is 16.8. The van der Waals surface area contributed by atoms with Gasteiger partial charge in [0.05, 0.1) is 4.91 Å². The fraction of sp³-hybridized carbons (Fsp3) is 0.115. The maximum atomic E-state index is 12.9. The number of hydrogen-bond acceptors (Lipinski definition) is 5. The monoisotopic (exact) mass is 570 g/mol. The van der Waals surface area contributed by atoms with E-state index < -0.39 is 17.1 Å². The number of imide groups is 1. The van der Waals surface area contributed by atoms with Crippen molar-refractivity contribution >= 4 is 68.1 Å². The third kappa shape index (κ3) is 6.33. The summed E-state index contributed by atoms with van der Waals surface area (Å²) >= 11 is 10.4. The van der Waals surface area contributed by atoms with Gasteiger partial charge in [-0.25, -0.2) is 0 Å². The molecule has 0 spiro atoms. The predicted molar refractivity (Wildman–Crippen MR) is 142 cm³/mol. The summed E-state index contributed by atoms with van der Waals surface area (Å²) in [4.78, 5) is 39.0. The molecule has 178 valence electrons. The van der Waals surface area contributed by atoms with Crippen molar-refractivity contribution < 1.29 is 19.1 Å². The molecule has 3 amide bonds. The van der Waals surface area contributed by atoms with E-state index in [1.54, 1.807) is 36.4 Å². The van der Waals surface area contributed by atoms with E-state index >= 15 is 0 Å². The largest absolute Gasteiger partial charge is 0.488 e. The number of halogens is 2. The fourth-order valence-corrected chi connectivity index (χ4v) is 4.69. The normalized spacial score (nSPS) is 14.5. The van der Waals surface area contributed by atoms with Crippen molar-refractivity contribution in [2.75, 3.05) is 11.9 Å². The highest BCUT2D eigenvalue weighted by molar-refractivity contribution is 9.10. The second-order valence-corrected chi connectivity index (χ2v) is 10.1. The smallest absolute Gasteiger partial charge is 0.294 e. The molecule has 1 heterocycles. The van der Waals surface area contributed by atoms with Crippen LogP contribution < -0.4 is 10.1 Å². The highest BCUT2D eigenvalue weighted by Crippen LogP contribution is 2.35. The lowest BCUT2D eigenvalue weighted by molar-refractivity contribution is -0.127. The molecule has 35 heavy (non-hydrogen) atoms. The van der Waals surface area contributed by atoms with Crippen LogP contribution in [0.15, 0.2) is 76.1 Å². The van der Waals surface area contributed by atoms with Crippen LogP contribution in [-0.2, 0) is 16.2 Å². The SMILES string of the molecule is Cc1ccc(NC(=O)CN2C(=O)S/C(=C/c3cc(Br)ccc3OCc3ccccc3Cl)C2=O)cc1. The molecule has 1 aliphatic rings. The Morgan fingerprint density at radius 1 is 1.11 bits per heavy atom. The standard InChI is InChI=1S/C26H20BrClN2O4S/c1-16-6-9-20(10-7-16)29-24(31)14-30-25(32)23(35-26(30)33)13-18-12-19(27)8-11-22(18)34-15-17-4-2-3-5-21(17)28/h2-13H,14-15H2,1H3,(H,29,31)/b23-13+. The summed E-state index contributed by atoms with van der Waals surface area (Å²) in [6.45, 7) is 1.81. The van der Waals surface area contributed by atoms with Crippen LogP contribution in [0.1, 0.15) is 16.7 Å². The lowest BCUT2D eigenvalue weighted by Crippen LogP contribution is -2.36. The van der Waals surface area contributed by atoms with Gasteiger partial charge < -0.3 is 10.1 Å². The minimum atomic E-state index is -0.531. The van der Waals surface area contributed by atoms with Gasteiger partial charge >= 0.3 is 0 Å². The highest BCUT2D eigenvalue weighted by Gasteiger charge is 2.36. The number of amides is 3. The van der Waals surface area contributed by atoms with Crippen molar-refractivity contribution in [3.8, 4) is 5.75 Å². The molecule has 0 aliphatic carbocycles. The van der Waals surface area contributed by atoms with E-state index in [1.165, 1.54) is 0 Å². The van der Waals surface area contributed by atoms with E-state index in [4.69, 9.17) is 16.3 Å². The van der Waals surface area contributed by atoms with E-state index in [0.29, 0.717) is 22.0 Å². The van der Waals surface area contributed by atoms with Crippen LogP contribution in [0, 0.1) is 6.92 Å². The molecule has 1 fully saturated rings. The molecule has 0 atom stereocenters. The first-order valence-electron chi connectivity index (χ1n) is 10.6. The van der Waals surface area contributed by atoms with Gasteiger partial charge in [-0.05, 0) is 61.2 Å². The molecule has 3 aromatic rings. The molecule has 1 aliphatic heterocycles. The maximum absolute atomic E-state index is 12.9. The van der Waals surface area contributed by atoms with Crippen LogP contribution in [0.5, 0.6) is 5.75 Å². The lowest BCUT2D eigenvalue weighted by Gasteiger charge is -2.13. The number of rotatable bonds is 7. The summed E-state index contributed by atoms with van der Waals surface area (Å²) in [5.74, 6) is -0.461. The third-order valence-corrected chi connectivity index (χ3v) is 6.88. The number of carbonyl (C=O) groups is 3. The number of nitrogens with one attached hydrogen (secondary N) is 1. The Balaban J connectivity index is 1.48. The number of hydrogen-bond donors (Lipinski definition) is 1. The Kier molecular flexibility index (Phi) is 7.95. The van der Waals surface area contributed by atoms with Crippen molar-refractivity contribution in [3.63, 3.8) is 0 Å². The van der Waals surface area contributed by atoms with E-state index in [0.717, 1.165) is 32.3 Å². The Hall–Kier alpha value is -3.07. The zero-order valence-corrected chi connectivity index (χ0v) is 21.7. The minimum absolute atomic E-state index is 0.207. The minimum Gasteiger partial charge on any atom is -0.488 e. The van der Waals surface area contributed by atoms with Gasteiger partial charge in [0.25, 0.3) is 11.1 Å². The summed E-state index contributed by atoms with van der Waals surface area (Å²) < 4.78 is 6.75. The number of anilines is 1. The molecule has 0 aromatic heterocycles. The fourth-order valence-electron chi connectivity index (χ4n) is 3.29. The number of carbonyl (C=O) groups excluding carboxylic acids is 3. The van der Waals surface area contributed by atoms with Crippen LogP contribution in [0.2, 0.25) is 5.02 Å². The van der Waals surface area contributed by atoms with E-state index in [1.807, 2.05) is 43.3 Å². The average molecular weight is 572 g/mol. The molecule has 3 aromatic carbocycles. The first kappa shape index (κ1) is 25.0. The Bertz CT molecular complexity index is 1330. The van der Waals surface area contributed by atoms with Crippen molar-refractivity contribution in [3.05, 3.63) is 97.8 Å². The topological polar surface area (TPSA) is 75.7 Å². The predicted octanol–water partition coefficient (Wildman–Crippen LogP) is 6.66. The van der Waals surface area contributed by atoms with Gasteiger partial charge in [-0.15, -0.1) is 0 Å². The molecule has 0 bridgehead atoms. The summed E-state index contributed by atoms with van der Waals surface area (Å²) in [7, 11) is 0. The van der Waals surface area contributed by atoms with Crippen LogP contribution in [0.25, 0.3) is 6.08 Å². The Morgan fingerprint density at radius 2 is 1.86 bits per heavy atom. The first-order valence-corrected chi connectivity index (χ1v) is 12.6. The van der Waals surface area contributed by atoms with Gasteiger partial charge in [0.15, 0.2) is 0 Å². The molecular weight excluding hydrogens is 552 g/mol. The lowest BCUT2D eigenvalue weighted by atomic mass is 10.1. The van der Waals surface area contributed by atoms with Crippen LogP contribution in [0.4, 0.5) is 10.5 Å². The molecule has 1 N–H and O–H groups in total.